The number of benzene rings is 1. The fourth-order valence-electron chi connectivity index (χ4n) is 7.60. The van der Waals surface area contributed by atoms with Gasteiger partial charge in [0.1, 0.15) is 46.7 Å². The SMILES string of the molecule is Cc1c(F)c(N)cc(-c2nc3c4c(nc(OCC[C@@]56C[C@H](F)CN5C[C@H](F)C6)nc4c2F)N2CCNC[C@H]2[C@H](C)O3)c1C(F)(F)F. The fraction of sp³-hybridized carbons (Fsp3) is 0.567. The Bertz CT molecular complexity index is 1690. The number of piperazine rings is 1. The van der Waals surface area contributed by atoms with Crippen LogP contribution < -0.4 is 25.4 Å². The van der Waals surface area contributed by atoms with Crippen LogP contribution in [0.25, 0.3) is 22.2 Å². The van der Waals surface area contributed by atoms with Crippen LogP contribution in [0.4, 0.5) is 42.2 Å². The van der Waals surface area contributed by atoms with E-state index in [1.54, 1.807) is 11.8 Å². The molecule has 0 bridgehead atoms. The molecule has 0 aliphatic carbocycles. The van der Waals surface area contributed by atoms with Gasteiger partial charge in [0, 0.05) is 50.2 Å². The lowest BCUT2D eigenvalue weighted by molar-refractivity contribution is -0.137. The van der Waals surface area contributed by atoms with Crippen molar-refractivity contribution >= 4 is 22.4 Å². The van der Waals surface area contributed by atoms with Crippen LogP contribution in [0.3, 0.4) is 0 Å². The molecule has 3 aromatic rings. The van der Waals surface area contributed by atoms with Crippen molar-refractivity contribution in [3.63, 3.8) is 0 Å². The van der Waals surface area contributed by atoms with Crippen molar-refractivity contribution in [2.24, 2.45) is 0 Å². The van der Waals surface area contributed by atoms with E-state index in [9.17, 15) is 26.3 Å². The number of alkyl halides is 5. The summed E-state index contributed by atoms with van der Waals surface area (Å²) in [4.78, 5) is 16.8. The van der Waals surface area contributed by atoms with E-state index in [1.165, 1.54) is 0 Å². The van der Waals surface area contributed by atoms with E-state index in [0.29, 0.717) is 25.7 Å². The van der Waals surface area contributed by atoms with Gasteiger partial charge in [-0.15, -0.1) is 0 Å². The molecule has 16 heteroatoms. The molecule has 0 spiro atoms. The van der Waals surface area contributed by atoms with Gasteiger partial charge in [0.15, 0.2) is 5.82 Å². The number of nitrogens with one attached hydrogen (secondary N) is 1. The molecule has 3 fully saturated rings. The zero-order valence-electron chi connectivity index (χ0n) is 25.0. The Balaban J connectivity index is 1.36. The third-order valence-electron chi connectivity index (χ3n) is 9.68. The molecular formula is C30H32F7N7O2. The number of aromatic nitrogens is 3. The molecule has 3 N–H and O–H groups in total. The van der Waals surface area contributed by atoms with Crippen LogP contribution in [0, 0.1) is 18.6 Å². The number of pyridine rings is 1. The number of halogens is 7. The smallest absolute Gasteiger partial charge is 0.417 e. The summed E-state index contributed by atoms with van der Waals surface area (Å²) in [5, 5.41) is 3.31. The van der Waals surface area contributed by atoms with E-state index in [1.807, 2.05) is 4.90 Å². The maximum atomic E-state index is 16.6. The lowest BCUT2D eigenvalue weighted by Crippen LogP contribution is -2.56. The summed E-state index contributed by atoms with van der Waals surface area (Å²) in [6.45, 7) is 4.35. The molecule has 0 unspecified atom stereocenters. The van der Waals surface area contributed by atoms with Crippen molar-refractivity contribution < 1.29 is 40.2 Å². The number of hydrogen-bond acceptors (Lipinski definition) is 9. The zero-order chi connectivity index (χ0) is 32.7. The van der Waals surface area contributed by atoms with Crippen molar-refractivity contribution in [2.45, 2.75) is 69.3 Å². The van der Waals surface area contributed by atoms with Crippen LogP contribution in [-0.2, 0) is 6.18 Å². The van der Waals surface area contributed by atoms with Gasteiger partial charge < -0.3 is 25.4 Å². The lowest BCUT2D eigenvalue weighted by Gasteiger charge is -2.38. The summed E-state index contributed by atoms with van der Waals surface area (Å²) in [7, 11) is 0. The molecule has 46 heavy (non-hydrogen) atoms. The van der Waals surface area contributed by atoms with Gasteiger partial charge in [0.2, 0.25) is 5.88 Å². The van der Waals surface area contributed by atoms with Crippen LogP contribution in [0.15, 0.2) is 6.07 Å². The Kier molecular flexibility index (Phi) is 7.38. The molecule has 0 amide bonds. The molecule has 6 heterocycles. The highest BCUT2D eigenvalue weighted by molar-refractivity contribution is 5.97. The molecule has 0 radical (unpaired) electrons. The van der Waals surface area contributed by atoms with Gasteiger partial charge in [0.05, 0.1) is 23.9 Å². The van der Waals surface area contributed by atoms with E-state index in [-0.39, 0.29) is 68.1 Å². The predicted molar refractivity (Wildman–Crippen MR) is 154 cm³/mol. The number of anilines is 2. The van der Waals surface area contributed by atoms with Gasteiger partial charge in [-0.3, -0.25) is 4.90 Å². The highest BCUT2D eigenvalue weighted by Gasteiger charge is 2.52. The second-order valence-corrected chi connectivity index (χ2v) is 12.6. The standard InChI is InChI=1S/C30H32F7N7O2/c1-13-21(30(35,36)37)17(7-18(38)22(13)33)24-23(34)25-20-26(44-5-4-39-10-19(44)14(2)46-27(20)40-24)42-28(41-25)45-6-3-29-8-15(31)11-43(29)12-16(32)9-29/h7,14-16,19,39H,3-6,8-12,38H2,1-2H3/t14-,15-,16+,19-,29-/m0/s1. The van der Waals surface area contributed by atoms with Crippen LogP contribution >= 0.6 is 0 Å². The van der Waals surface area contributed by atoms with E-state index in [4.69, 9.17) is 15.2 Å². The molecule has 1 aromatic carbocycles. The largest absolute Gasteiger partial charge is 0.472 e. The highest BCUT2D eigenvalue weighted by Crippen LogP contribution is 2.47. The van der Waals surface area contributed by atoms with Crippen molar-refractivity contribution in [1.82, 2.24) is 25.2 Å². The molecule has 4 aliphatic rings. The summed E-state index contributed by atoms with van der Waals surface area (Å²) < 4.78 is 115. The Morgan fingerprint density at radius 3 is 2.52 bits per heavy atom. The highest BCUT2D eigenvalue weighted by atomic mass is 19.4. The molecular weight excluding hydrogens is 623 g/mol. The normalized spacial score (nSPS) is 27.8. The molecule has 4 aliphatic heterocycles. The van der Waals surface area contributed by atoms with E-state index < -0.39 is 75.4 Å². The number of fused-ring (bicyclic) bond motifs is 3. The van der Waals surface area contributed by atoms with E-state index in [2.05, 4.69) is 20.3 Å². The van der Waals surface area contributed by atoms with Gasteiger partial charge in [-0.05, 0) is 38.3 Å². The maximum Gasteiger partial charge on any atom is 0.417 e. The van der Waals surface area contributed by atoms with E-state index in [0.717, 1.165) is 6.92 Å². The van der Waals surface area contributed by atoms with Crippen LogP contribution in [0.2, 0.25) is 0 Å². The van der Waals surface area contributed by atoms with E-state index >= 15 is 4.39 Å². The number of nitrogen functional groups attached to an aromatic ring is 1. The van der Waals surface area contributed by atoms with Gasteiger partial charge in [-0.25, -0.2) is 22.5 Å². The second kappa shape index (κ2) is 11.0. The molecule has 9 nitrogen and oxygen atoms in total. The fourth-order valence-corrected chi connectivity index (χ4v) is 7.60. The topological polar surface area (TPSA) is 102 Å². The van der Waals surface area contributed by atoms with Crippen molar-refractivity contribution in [2.75, 3.05) is 50.0 Å². The summed E-state index contributed by atoms with van der Waals surface area (Å²) in [6, 6.07) is 0.115. The molecule has 7 rings (SSSR count). The van der Waals surface area contributed by atoms with Crippen molar-refractivity contribution in [3.05, 3.63) is 28.8 Å². The Morgan fingerprint density at radius 1 is 1.11 bits per heavy atom. The Labute approximate surface area is 259 Å². The van der Waals surface area contributed by atoms with Gasteiger partial charge in [-0.2, -0.15) is 23.1 Å². The summed E-state index contributed by atoms with van der Waals surface area (Å²) in [5.74, 6) is -2.47. The molecule has 248 valence electrons. The number of nitrogens with two attached hydrogens (primary N) is 1. The second-order valence-electron chi connectivity index (χ2n) is 12.6. The first kappa shape index (κ1) is 31.0. The quantitative estimate of drug-likeness (QED) is 0.299. The summed E-state index contributed by atoms with van der Waals surface area (Å²) >= 11 is 0. The monoisotopic (exact) mass is 655 g/mol. The minimum absolute atomic E-state index is 0.0436. The number of rotatable bonds is 5. The van der Waals surface area contributed by atoms with Gasteiger partial charge >= 0.3 is 12.2 Å². The van der Waals surface area contributed by atoms with Gasteiger partial charge in [-0.1, -0.05) is 0 Å². The third kappa shape index (κ3) is 4.95. The third-order valence-corrected chi connectivity index (χ3v) is 9.68. The van der Waals surface area contributed by atoms with Crippen LogP contribution in [-0.4, -0.2) is 89.2 Å². The minimum atomic E-state index is -5.08. The zero-order valence-corrected chi connectivity index (χ0v) is 25.0. The molecule has 3 saturated heterocycles. The maximum absolute atomic E-state index is 16.6. The average Bonchev–Trinajstić information content (AvgIpc) is 3.40. The molecule has 5 atom stereocenters. The van der Waals surface area contributed by atoms with Crippen molar-refractivity contribution in [1.29, 1.82) is 0 Å². The summed E-state index contributed by atoms with van der Waals surface area (Å²) in [6.07, 6.45) is -7.25. The Hall–Kier alpha value is -3.66. The van der Waals surface area contributed by atoms with Crippen LogP contribution in [0.1, 0.15) is 37.3 Å². The number of ether oxygens (including phenoxy) is 2. The first-order valence-corrected chi connectivity index (χ1v) is 15.1. The molecule has 0 saturated carbocycles. The predicted octanol–water partition coefficient (Wildman–Crippen LogP) is 4.73. The number of hydrogen-bond donors (Lipinski definition) is 2. The average molecular weight is 656 g/mol. The summed E-state index contributed by atoms with van der Waals surface area (Å²) in [5.41, 5.74) is 0.181. The first-order valence-electron chi connectivity index (χ1n) is 15.1. The van der Waals surface area contributed by atoms with Crippen LogP contribution in [0.5, 0.6) is 11.9 Å². The molecule has 2 aromatic heterocycles. The lowest BCUT2D eigenvalue weighted by atomic mass is 9.90. The minimum Gasteiger partial charge on any atom is -0.472 e. The Morgan fingerprint density at radius 2 is 1.83 bits per heavy atom. The first-order chi connectivity index (χ1) is 21.8. The van der Waals surface area contributed by atoms with Gasteiger partial charge in [0.25, 0.3) is 0 Å². The number of nitrogens with zero attached hydrogens (tertiary/aromatic N) is 5. The van der Waals surface area contributed by atoms with Crippen molar-refractivity contribution in [3.8, 4) is 23.1 Å².